The molecular formula is C15H19F2NO2. The molecule has 1 aliphatic carbocycles. The van der Waals surface area contributed by atoms with E-state index in [-0.39, 0.29) is 17.4 Å². The van der Waals surface area contributed by atoms with Gasteiger partial charge in [-0.1, -0.05) is 24.6 Å². The summed E-state index contributed by atoms with van der Waals surface area (Å²) in [5.74, 6) is -0.852. The third-order valence-electron chi connectivity index (χ3n) is 3.91. The number of hydrogen-bond acceptors (Lipinski definition) is 2. The van der Waals surface area contributed by atoms with Crippen LogP contribution in [0.2, 0.25) is 0 Å². The number of carboxylic acids is 1. The Morgan fingerprint density at radius 1 is 1.40 bits per heavy atom. The molecule has 0 heterocycles. The summed E-state index contributed by atoms with van der Waals surface area (Å²) in [4.78, 5) is 11.1. The minimum absolute atomic E-state index is 0.0218. The summed E-state index contributed by atoms with van der Waals surface area (Å²) in [7, 11) is 0. The van der Waals surface area contributed by atoms with E-state index in [2.05, 4.69) is 5.32 Å². The Bertz CT molecular complexity index is 465. The van der Waals surface area contributed by atoms with Gasteiger partial charge in [0.25, 0.3) is 6.43 Å². The largest absolute Gasteiger partial charge is 0.481 e. The zero-order valence-corrected chi connectivity index (χ0v) is 11.2. The minimum atomic E-state index is -2.46. The Labute approximate surface area is 117 Å². The van der Waals surface area contributed by atoms with Crippen LogP contribution in [0.25, 0.3) is 0 Å². The highest BCUT2D eigenvalue weighted by Gasteiger charge is 2.32. The van der Waals surface area contributed by atoms with Gasteiger partial charge in [0.15, 0.2) is 0 Å². The van der Waals surface area contributed by atoms with Gasteiger partial charge in [-0.15, -0.1) is 0 Å². The van der Waals surface area contributed by atoms with Crippen molar-refractivity contribution in [1.82, 2.24) is 5.32 Å². The number of hydrogen-bond donors (Lipinski definition) is 2. The monoisotopic (exact) mass is 283 g/mol. The van der Waals surface area contributed by atoms with Crippen molar-refractivity contribution in [1.29, 1.82) is 0 Å². The quantitative estimate of drug-likeness (QED) is 0.842. The molecule has 1 aromatic carbocycles. The van der Waals surface area contributed by atoms with Gasteiger partial charge in [0, 0.05) is 12.1 Å². The van der Waals surface area contributed by atoms with Crippen LogP contribution in [0.3, 0.4) is 0 Å². The second-order valence-corrected chi connectivity index (χ2v) is 5.31. The first kappa shape index (κ1) is 14.9. The van der Waals surface area contributed by atoms with E-state index >= 15 is 0 Å². The van der Waals surface area contributed by atoms with E-state index in [0.29, 0.717) is 13.1 Å². The molecule has 2 atom stereocenters. The van der Waals surface area contributed by atoms with Crippen molar-refractivity contribution in [2.75, 3.05) is 6.54 Å². The maximum atomic E-state index is 12.6. The first-order valence-corrected chi connectivity index (χ1v) is 6.88. The normalized spacial score (nSPS) is 22.4. The Morgan fingerprint density at radius 3 is 2.90 bits per heavy atom. The lowest BCUT2D eigenvalue weighted by atomic mass is 9.96. The average molecular weight is 283 g/mol. The molecule has 0 amide bonds. The van der Waals surface area contributed by atoms with E-state index in [0.717, 1.165) is 24.8 Å². The molecule has 0 aromatic heterocycles. The van der Waals surface area contributed by atoms with Crippen molar-refractivity contribution in [3.05, 3.63) is 35.4 Å². The van der Waals surface area contributed by atoms with Gasteiger partial charge in [-0.3, -0.25) is 4.79 Å². The van der Waals surface area contributed by atoms with Crippen LogP contribution in [0.4, 0.5) is 8.78 Å². The predicted octanol–water partition coefficient (Wildman–Crippen LogP) is 3.21. The molecule has 0 radical (unpaired) electrons. The number of carbonyl (C=O) groups is 1. The van der Waals surface area contributed by atoms with Crippen molar-refractivity contribution in [2.24, 2.45) is 11.8 Å². The number of alkyl halides is 2. The van der Waals surface area contributed by atoms with Gasteiger partial charge in [-0.05, 0) is 36.9 Å². The molecule has 1 aromatic rings. The van der Waals surface area contributed by atoms with E-state index in [9.17, 15) is 13.6 Å². The Hall–Kier alpha value is -1.49. The molecule has 1 fully saturated rings. The van der Waals surface area contributed by atoms with Crippen LogP contribution in [0.15, 0.2) is 24.3 Å². The van der Waals surface area contributed by atoms with E-state index < -0.39 is 12.4 Å². The molecule has 1 aliphatic rings. The summed E-state index contributed by atoms with van der Waals surface area (Å²) in [6.07, 6.45) is 0.148. The summed E-state index contributed by atoms with van der Waals surface area (Å²) >= 11 is 0. The summed E-state index contributed by atoms with van der Waals surface area (Å²) in [6, 6.07) is 6.31. The first-order valence-electron chi connectivity index (χ1n) is 6.88. The van der Waals surface area contributed by atoms with E-state index in [1.807, 2.05) is 0 Å². The number of carboxylic acid groups (broad SMARTS) is 1. The fourth-order valence-electron chi connectivity index (χ4n) is 2.85. The molecule has 0 bridgehead atoms. The molecule has 0 aliphatic heterocycles. The molecule has 2 unspecified atom stereocenters. The lowest BCUT2D eigenvalue weighted by molar-refractivity contribution is -0.142. The van der Waals surface area contributed by atoms with E-state index in [1.54, 1.807) is 12.1 Å². The minimum Gasteiger partial charge on any atom is -0.481 e. The van der Waals surface area contributed by atoms with Gasteiger partial charge in [-0.25, -0.2) is 8.78 Å². The molecule has 5 heteroatoms. The molecule has 2 N–H and O–H groups in total. The SMILES string of the molecule is O=C(O)C1CCCC1CNCc1cccc(C(F)F)c1. The zero-order valence-electron chi connectivity index (χ0n) is 11.2. The van der Waals surface area contributed by atoms with Gasteiger partial charge < -0.3 is 10.4 Å². The van der Waals surface area contributed by atoms with Crippen LogP contribution in [-0.4, -0.2) is 17.6 Å². The van der Waals surface area contributed by atoms with Gasteiger partial charge >= 0.3 is 5.97 Å². The number of halogens is 2. The zero-order chi connectivity index (χ0) is 14.5. The van der Waals surface area contributed by atoms with E-state index in [1.165, 1.54) is 12.1 Å². The highest BCUT2D eigenvalue weighted by atomic mass is 19.3. The Morgan fingerprint density at radius 2 is 2.20 bits per heavy atom. The van der Waals surface area contributed by atoms with Gasteiger partial charge in [0.05, 0.1) is 5.92 Å². The van der Waals surface area contributed by atoms with Crippen LogP contribution in [-0.2, 0) is 11.3 Å². The lowest BCUT2D eigenvalue weighted by Crippen LogP contribution is -2.28. The van der Waals surface area contributed by atoms with Gasteiger partial charge in [0.2, 0.25) is 0 Å². The Balaban J connectivity index is 1.84. The number of nitrogens with one attached hydrogen (secondary N) is 1. The van der Waals surface area contributed by atoms with Crippen LogP contribution in [0.5, 0.6) is 0 Å². The third-order valence-corrected chi connectivity index (χ3v) is 3.91. The van der Waals surface area contributed by atoms with Crippen molar-refractivity contribution >= 4 is 5.97 Å². The van der Waals surface area contributed by atoms with Crippen molar-refractivity contribution in [2.45, 2.75) is 32.2 Å². The number of rotatable bonds is 6. The fraction of sp³-hybridized carbons (Fsp3) is 0.533. The second-order valence-electron chi connectivity index (χ2n) is 5.31. The summed E-state index contributed by atoms with van der Waals surface area (Å²) in [5, 5.41) is 12.3. The van der Waals surface area contributed by atoms with E-state index in [4.69, 9.17) is 5.11 Å². The first-order chi connectivity index (χ1) is 9.58. The van der Waals surface area contributed by atoms with Crippen LogP contribution in [0, 0.1) is 11.8 Å². The molecule has 3 nitrogen and oxygen atoms in total. The molecule has 2 rings (SSSR count). The average Bonchev–Trinajstić information content (AvgIpc) is 2.87. The highest BCUT2D eigenvalue weighted by molar-refractivity contribution is 5.70. The van der Waals surface area contributed by atoms with Gasteiger partial charge in [-0.2, -0.15) is 0 Å². The second kappa shape index (κ2) is 6.79. The Kier molecular flexibility index (Phi) is 5.06. The highest BCUT2D eigenvalue weighted by Crippen LogP contribution is 2.31. The lowest BCUT2D eigenvalue weighted by Gasteiger charge is -2.16. The predicted molar refractivity (Wildman–Crippen MR) is 71.6 cm³/mol. The molecule has 20 heavy (non-hydrogen) atoms. The summed E-state index contributed by atoms with van der Waals surface area (Å²) in [5.41, 5.74) is 0.821. The fourth-order valence-corrected chi connectivity index (χ4v) is 2.85. The standard InChI is InChI=1S/C15H19F2NO2/c16-14(17)11-4-1-3-10(7-11)8-18-9-12-5-2-6-13(12)15(19)20/h1,3-4,7,12-14,18H,2,5-6,8-9H2,(H,19,20). The van der Waals surface area contributed by atoms with Crippen LogP contribution >= 0.6 is 0 Å². The number of benzene rings is 1. The molecule has 110 valence electrons. The third kappa shape index (κ3) is 3.76. The van der Waals surface area contributed by atoms with Crippen molar-refractivity contribution in [3.63, 3.8) is 0 Å². The smallest absolute Gasteiger partial charge is 0.306 e. The number of aliphatic carboxylic acids is 1. The maximum absolute atomic E-state index is 12.6. The molecular weight excluding hydrogens is 264 g/mol. The molecule has 0 saturated heterocycles. The van der Waals surface area contributed by atoms with Crippen LogP contribution in [0.1, 0.15) is 36.8 Å². The summed E-state index contributed by atoms with van der Waals surface area (Å²) in [6.45, 7) is 1.11. The molecule has 1 saturated carbocycles. The summed E-state index contributed by atoms with van der Waals surface area (Å²) < 4.78 is 25.1. The topological polar surface area (TPSA) is 49.3 Å². The van der Waals surface area contributed by atoms with Crippen molar-refractivity contribution < 1.29 is 18.7 Å². The maximum Gasteiger partial charge on any atom is 0.306 e. The van der Waals surface area contributed by atoms with Crippen LogP contribution < -0.4 is 5.32 Å². The van der Waals surface area contributed by atoms with Gasteiger partial charge in [0.1, 0.15) is 0 Å². The molecule has 0 spiro atoms. The van der Waals surface area contributed by atoms with Crippen molar-refractivity contribution in [3.8, 4) is 0 Å².